The van der Waals surface area contributed by atoms with Crippen LogP contribution in [0.15, 0.2) is 84.9 Å². The van der Waals surface area contributed by atoms with E-state index in [2.05, 4.69) is 0 Å². The summed E-state index contributed by atoms with van der Waals surface area (Å²) in [5, 5.41) is 11.6. The topological polar surface area (TPSA) is 48.5 Å². The molecule has 6 heteroatoms. The summed E-state index contributed by atoms with van der Waals surface area (Å²) in [5.74, 6) is -0.270. The highest BCUT2D eigenvalue weighted by atomic mass is 19.1. The second-order valence-electron chi connectivity index (χ2n) is 8.06. The molecule has 0 N–H and O–H groups in total. The lowest BCUT2D eigenvalue weighted by molar-refractivity contribution is 0.628. The quantitative estimate of drug-likeness (QED) is 0.335. The normalized spacial score (nSPS) is 11.5. The van der Waals surface area contributed by atoms with E-state index in [0.717, 1.165) is 56.0 Å². The van der Waals surface area contributed by atoms with Gasteiger partial charge in [-0.15, -0.1) is 0 Å². The Morgan fingerprint density at radius 1 is 0.606 bits per heavy atom. The third kappa shape index (κ3) is 3.03. The van der Waals surface area contributed by atoms with Gasteiger partial charge in [-0.05, 0) is 55.8 Å². The van der Waals surface area contributed by atoms with Crippen molar-refractivity contribution in [3.8, 4) is 22.5 Å². The maximum absolute atomic E-state index is 13.8. The van der Waals surface area contributed by atoms with Crippen LogP contribution < -0.4 is 0 Å². The maximum atomic E-state index is 13.8. The fourth-order valence-electron chi connectivity index (χ4n) is 4.45. The summed E-state index contributed by atoms with van der Waals surface area (Å²) in [6, 6.07) is 26.5. The van der Waals surface area contributed by atoms with Gasteiger partial charge >= 0.3 is 0 Å². The van der Waals surface area contributed by atoms with Crippen LogP contribution in [0, 0.1) is 19.7 Å². The van der Waals surface area contributed by atoms with Crippen molar-refractivity contribution < 1.29 is 4.39 Å². The molecule has 0 radical (unpaired) electrons. The van der Waals surface area contributed by atoms with Crippen LogP contribution in [0.2, 0.25) is 0 Å². The van der Waals surface area contributed by atoms with E-state index in [-0.39, 0.29) is 5.82 Å². The molecule has 6 aromatic rings. The van der Waals surface area contributed by atoms with Gasteiger partial charge in [0.05, 0.1) is 33.5 Å². The van der Waals surface area contributed by atoms with Crippen LogP contribution in [0.5, 0.6) is 0 Å². The second kappa shape index (κ2) is 7.38. The van der Waals surface area contributed by atoms with Crippen LogP contribution in [-0.2, 0) is 0 Å². The molecule has 3 heterocycles. The van der Waals surface area contributed by atoms with Crippen molar-refractivity contribution in [2.24, 2.45) is 0 Å². The predicted octanol–water partition coefficient (Wildman–Crippen LogP) is 6.18. The zero-order valence-electron chi connectivity index (χ0n) is 18.2. The third-order valence-corrected chi connectivity index (χ3v) is 5.92. The minimum Gasteiger partial charge on any atom is -0.214 e. The van der Waals surface area contributed by atoms with Crippen LogP contribution in [-0.4, -0.2) is 24.5 Å². The van der Waals surface area contributed by atoms with Crippen LogP contribution >= 0.6 is 0 Å². The first kappa shape index (κ1) is 19.4. The minimum atomic E-state index is -0.270. The summed E-state index contributed by atoms with van der Waals surface area (Å²) in [5.41, 5.74) is 6.91. The number of aromatic nitrogens is 5. The lowest BCUT2D eigenvalue weighted by atomic mass is 9.98. The van der Waals surface area contributed by atoms with Gasteiger partial charge in [0.15, 0.2) is 11.3 Å². The van der Waals surface area contributed by atoms with Crippen molar-refractivity contribution in [2.45, 2.75) is 13.8 Å². The average Bonchev–Trinajstić information content (AvgIpc) is 3.36. The summed E-state index contributed by atoms with van der Waals surface area (Å²) in [7, 11) is 0. The smallest absolute Gasteiger partial charge is 0.166 e. The molecule has 0 bridgehead atoms. The minimum absolute atomic E-state index is 0.270. The number of aryl methyl sites for hydroxylation is 2. The molecule has 0 fully saturated rings. The van der Waals surface area contributed by atoms with E-state index < -0.39 is 0 Å². The number of nitrogens with zero attached hydrogens (tertiary/aromatic N) is 5. The van der Waals surface area contributed by atoms with Crippen molar-refractivity contribution in [1.82, 2.24) is 24.5 Å². The molecule has 33 heavy (non-hydrogen) atoms. The third-order valence-electron chi connectivity index (χ3n) is 5.92. The van der Waals surface area contributed by atoms with Gasteiger partial charge in [-0.3, -0.25) is 0 Å². The number of benzene rings is 3. The zero-order chi connectivity index (χ0) is 22.5. The monoisotopic (exact) mass is 433 g/mol. The number of hydrogen-bond donors (Lipinski definition) is 0. The molecule has 5 nitrogen and oxygen atoms in total. The molecule has 0 saturated carbocycles. The molecule has 0 spiro atoms. The molecule has 0 atom stereocenters. The Morgan fingerprint density at radius 3 is 1.52 bits per heavy atom. The van der Waals surface area contributed by atoms with Crippen molar-refractivity contribution in [3.05, 3.63) is 102 Å². The Morgan fingerprint density at radius 2 is 1.06 bits per heavy atom. The SMILES string of the molecule is Cc1nn(-c2ccccc2)c2nc3c(c(C)nn3-c3ccccc3)c(-c3ccc(F)cc3)c12. The molecule has 3 aromatic carbocycles. The summed E-state index contributed by atoms with van der Waals surface area (Å²) in [6.07, 6.45) is 0. The highest BCUT2D eigenvalue weighted by Crippen LogP contribution is 2.39. The molecule has 0 aliphatic heterocycles. The Kier molecular flexibility index (Phi) is 4.33. The number of hydrogen-bond acceptors (Lipinski definition) is 3. The number of pyridine rings is 1. The van der Waals surface area contributed by atoms with Gasteiger partial charge in [0, 0.05) is 5.56 Å². The Hall–Kier alpha value is -4.32. The highest BCUT2D eigenvalue weighted by Gasteiger charge is 2.23. The first-order valence-corrected chi connectivity index (χ1v) is 10.8. The molecular formula is C27H20FN5. The van der Waals surface area contributed by atoms with Gasteiger partial charge in [0.25, 0.3) is 0 Å². The molecule has 3 aromatic heterocycles. The van der Waals surface area contributed by atoms with Crippen molar-refractivity contribution in [1.29, 1.82) is 0 Å². The molecule has 0 aliphatic carbocycles. The molecular weight excluding hydrogens is 413 g/mol. The summed E-state index contributed by atoms with van der Waals surface area (Å²) in [6.45, 7) is 3.97. The molecule has 6 rings (SSSR count). The van der Waals surface area contributed by atoms with Gasteiger partial charge in [-0.2, -0.15) is 10.2 Å². The Labute approximate surface area is 189 Å². The van der Waals surface area contributed by atoms with Gasteiger partial charge in [-0.1, -0.05) is 48.5 Å². The highest BCUT2D eigenvalue weighted by molar-refractivity contribution is 6.10. The number of fused-ring (bicyclic) bond motifs is 2. The van der Waals surface area contributed by atoms with E-state index in [1.165, 1.54) is 12.1 Å². The lowest BCUT2D eigenvalue weighted by Gasteiger charge is -2.10. The average molecular weight is 433 g/mol. The van der Waals surface area contributed by atoms with E-state index in [1.54, 1.807) is 0 Å². The molecule has 0 unspecified atom stereocenters. The summed E-state index contributed by atoms with van der Waals surface area (Å²) >= 11 is 0. The van der Waals surface area contributed by atoms with Gasteiger partial charge < -0.3 is 0 Å². The van der Waals surface area contributed by atoms with E-state index >= 15 is 0 Å². The van der Waals surface area contributed by atoms with Crippen molar-refractivity contribution in [3.63, 3.8) is 0 Å². The largest absolute Gasteiger partial charge is 0.214 e. The van der Waals surface area contributed by atoms with Gasteiger partial charge in [-0.25, -0.2) is 18.7 Å². The summed E-state index contributed by atoms with van der Waals surface area (Å²) in [4.78, 5) is 5.10. The Bertz CT molecular complexity index is 1520. The van der Waals surface area contributed by atoms with E-state index in [4.69, 9.17) is 15.2 Å². The summed E-state index contributed by atoms with van der Waals surface area (Å²) < 4.78 is 17.5. The number of para-hydroxylation sites is 2. The van der Waals surface area contributed by atoms with Crippen LogP contribution in [0.25, 0.3) is 44.6 Å². The van der Waals surface area contributed by atoms with Gasteiger partial charge in [0.2, 0.25) is 0 Å². The number of halogens is 1. The molecule has 0 amide bonds. The van der Waals surface area contributed by atoms with Gasteiger partial charge in [0.1, 0.15) is 5.82 Å². The van der Waals surface area contributed by atoms with E-state index in [9.17, 15) is 4.39 Å². The zero-order valence-corrected chi connectivity index (χ0v) is 18.2. The van der Waals surface area contributed by atoms with Crippen LogP contribution in [0.1, 0.15) is 11.4 Å². The lowest BCUT2D eigenvalue weighted by Crippen LogP contribution is -2.01. The van der Waals surface area contributed by atoms with Crippen LogP contribution in [0.3, 0.4) is 0 Å². The fraction of sp³-hybridized carbons (Fsp3) is 0.0741. The number of rotatable bonds is 3. The molecule has 0 saturated heterocycles. The molecule has 160 valence electrons. The van der Waals surface area contributed by atoms with Crippen molar-refractivity contribution in [2.75, 3.05) is 0 Å². The maximum Gasteiger partial charge on any atom is 0.166 e. The first-order chi connectivity index (χ1) is 16.1. The second-order valence-corrected chi connectivity index (χ2v) is 8.06. The molecule has 0 aliphatic rings. The van der Waals surface area contributed by atoms with E-state index in [0.29, 0.717) is 0 Å². The van der Waals surface area contributed by atoms with E-state index in [1.807, 2.05) is 96.0 Å². The van der Waals surface area contributed by atoms with Crippen molar-refractivity contribution >= 4 is 22.1 Å². The first-order valence-electron chi connectivity index (χ1n) is 10.8. The standard InChI is InChI=1S/C27H20FN5/c1-17-23-25(19-13-15-20(28)16-14-19)24-18(2)31-33(22-11-7-4-8-12-22)27(24)29-26(23)32(30-17)21-9-5-3-6-10-21/h3-16H,1-2H3. The van der Waals surface area contributed by atoms with Crippen LogP contribution in [0.4, 0.5) is 4.39 Å². The Balaban J connectivity index is 1.79. The fourth-order valence-corrected chi connectivity index (χ4v) is 4.45. The predicted molar refractivity (Wildman–Crippen MR) is 128 cm³/mol.